The summed E-state index contributed by atoms with van der Waals surface area (Å²) < 4.78 is 11.7. The molecule has 1 aliphatic heterocycles. The second-order valence-electron chi connectivity index (χ2n) is 5.58. The Hall–Kier alpha value is -3.22. The first-order valence-corrected chi connectivity index (χ1v) is 7.65. The van der Waals surface area contributed by atoms with Crippen molar-refractivity contribution in [3.05, 3.63) is 52.5 Å². The largest absolute Gasteiger partial charge is 0.497 e. The van der Waals surface area contributed by atoms with Crippen LogP contribution in [0.1, 0.15) is 34.2 Å². The summed E-state index contributed by atoms with van der Waals surface area (Å²) >= 11 is 0. The number of cyclic esters (lactones) is 1. The predicted molar refractivity (Wildman–Crippen MR) is 91.6 cm³/mol. The monoisotopic (exact) mass is 339 g/mol. The van der Waals surface area contributed by atoms with Crippen LogP contribution in [-0.2, 0) is 9.53 Å². The van der Waals surface area contributed by atoms with Crippen molar-refractivity contribution in [2.75, 3.05) is 7.11 Å². The van der Waals surface area contributed by atoms with Crippen molar-refractivity contribution in [3.63, 3.8) is 0 Å². The molecule has 2 heterocycles. The molecular weight excluding hydrogens is 322 g/mol. The first-order valence-electron chi connectivity index (χ1n) is 7.65. The van der Waals surface area contributed by atoms with E-state index in [9.17, 15) is 9.59 Å². The second-order valence-corrected chi connectivity index (χ2v) is 5.58. The van der Waals surface area contributed by atoms with Gasteiger partial charge in [-0.15, -0.1) is 0 Å². The third-order valence-corrected chi connectivity index (χ3v) is 3.86. The lowest BCUT2D eigenvalue weighted by atomic mass is 10.1. The van der Waals surface area contributed by atoms with Crippen LogP contribution < -0.4 is 4.74 Å². The maximum Gasteiger partial charge on any atom is 0.363 e. The Morgan fingerprint density at radius 2 is 2.08 bits per heavy atom. The Labute approximate surface area is 144 Å². The number of aryl methyl sites for hydroxylation is 1. The minimum absolute atomic E-state index is 0.159. The van der Waals surface area contributed by atoms with Gasteiger partial charge in [0.2, 0.25) is 11.8 Å². The number of hydrogen-bond acceptors (Lipinski definition) is 6. The molecule has 25 heavy (non-hydrogen) atoms. The highest BCUT2D eigenvalue weighted by atomic mass is 16.6. The highest BCUT2D eigenvalue weighted by Gasteiger charge is 2.25. The molecule has 0 fully saturated rings. The molecule has 0 saturated heterocycles. The Morgan fingerprint density at radius 1 is 1.32 bits per heavy atom. The smallest absolute Gasteiger partial charge is 0.363 e. The van der Waals surface area contributed by atoms with Gasteiger partial charge in [0.05, 0.1) is 18.5 Å². The van der Waals surface area contributed by atoms with Crippen LogP contribution in [-0.4, -0.2) is 34.7 Å². The molecule has 7 nitrogen and oxygen atoms in total. The van der Waals surface area contributed by atoms with E-state index in [-0.39, 0.29) is 17.5 Å². The lowest BCUT2D eigenvalue weighted by Crippen LogP contribution is -2.09. The average molecular weight is 339 g/mol. The van der Waals surface area contributed by atoms with E-state index < -0.39 is 5.97 Å². The Bertz CT molecular complexity index is 938. The lowest BCUT2D eigenvalue weighted by Gasteiger charge is -2.02. The van der Waals surface area contributed by atoms with Gasteiger partial charge >= 0.3 is 5.97 Å². The molecule has 1 aliphatic rings. The summed E-state index contributed by atoms with van der Waals surface area (Å²) in [4.78, 5) is 28.0. The van der Waals surface area contributed by atoms with E-state index in [4.69, 9.17) is 9.47 Å². The minimum Gasteiger partial charge on any atom is -0.497 e. The number of carbonyl (C=O) groups excluding carboxylic acids is 2. The molecule has 1 aromatic carbocycles. The van der Waals surface area contributed by atoms with Gasteiger partial charge < -0.3 is 9.47 Å². The molecular formula is C18H17N3O4. The number of rotatable bonds is 3. The molecule has 0 N–H and O–H groups in total. The summed E-state index contributed by atoms with van der Waals surface area (Å²) in [5.74, 6) is 0.111. The van der Waals surface area contributed by atoms with E-state index in [0.29, 0.717) is 28.3 Å². The van der Waals surface area contributed by atoms with Gasteiger partial charge in [-0.05, 0) is 38.1 Å². The van der Waals surface area contributed by atoms with Crippen LogP contribution in [0.2, 0.25) is 0 Å². The lowest BCUT2D eigenvalue weighted by molar-refractivity contribution is -0.129. The van der Waals surface area contributed by atoms with Crippen molar-refractivity contribution in [1.29, 1.82) is 0 Å². The fourth-order valence-electron chi connectivity index (χ4n) is 2.60. The van der Waals surface area contributed by atoms with E-state index in [1.165, 1.54) is 11.6 Å². The molecule has 3 rings (SSSR count). The van der Waals surface area contributed by atoms with Crippen molar-refractivity contribution >= 4 is 23.9 Å². The van der Waals surface area contributed by atoms with Gasteiger partial charge in [0.15, 0.2) is 5.70 Å². The topological polar surface area (TPSA) is 82.8 Å². The van der Waals surface area contributed by atoms with Crippen molar-refractivity contribution in [1.82, 2.24) is 9.78 Å². The van der Waals surface area contributed by atoms with Crippen molar-refractivity contribution in [2.24, 2.45) is 4.99 Å². The van der Waals surface area contributed by atoms with Gasteiger partial charge in [0, 0.05) is 18.1 Å². The Morgan fingerprint density at radius 3 is 2.72 bits per heavy atom. The minimum atomic E-state index is -0.549. The van der Waals surface area contributed by atoms with Crippen LogP contribution >= 0.6 is 0 Å². The zero-order valence-electron chi connectivity index (χ0n) is 14.4. The summed E-state index contributed by atoms with van der Waals surface area (Å²) in [6.45, 7) is 4.96. The van der Waals surface area contributed by atoms with Crippen LogP contribution in [0.4, 0.5) is 0 Å². The number of aromatic nitrogens is 2. The number of hydrogen-bond donors (Lipinski definition) is 0. The van der Waals surface area contributed by atoms with Gasteiger partial charge in [-0.3, -0.25) is 4.79 Å². The zero-order valence-corrected chi connectivity index (χ0v) is 14.4. The summed E-state index contributed by atoms with van der Waals surface area (Å²) in [5.41, 5.74) is 2.77. The quantitative estimate of drug-likeness (QED) is 0.634. The molecule has 128 valence electrons. The number of nitrogens with zero attached hydrogens (tertiary/aromatic N) is 3. The number of esters is 1. The van der Waals surface area contributed by atoms with Crippen LogP contribution in [0.3, 0.4) is 0 Å². The molecule has 0 amide bonds. The fraction of sp³-hybridized carbons (Fsp3) is 0.222. The maximum absolute atomic E-state index is 12.1. The molecule has 0 bridgehead atoms. The molecule has 1 aromatic heterocycles. The number of ether oxygens (including phenoxy) is 2. The molecule has 0 saturated carbocycles. The summed E-state index contributed by atoms with van der Waals surface area (Å²) in [6, 6.07) is 7.10. The number of carbonyl (C=O) groups is 2. The van der Waals surface area contributed by atoms with Crippen molar-refractivity contribution in [2.45, 2.75) is 20.8 Å². The van der Waals surface area contributed by atoms with Crippen LogP contribution in [0.5, 0.6) is 5.75 Å². The number of benzene rings is 1. The molecule has 2 aromatic rings. The van der Waals surface area contributed by atoms with Gasteiger partial charge in [-0.2, -0.15) is 5.10 Å². The number of aliphatic imine (C=N–C) groups is 1. The van der Waals surface area contributed by atoms with Crippen LogP contribution in [0.15, 0.2) is 35.0 Å². The third kappa shape index (κ3) is 3.08. The normalized spacial score (nSPS) is 15.3. The zero-order chi connectivity index (χ0) is 18.1. The average Bonchev–Trinajstić information content (AvgIpc) is 3.10. The van der Waals surface area contributed by atoms with Crippen LogP contribution in [0, 0.1) is 13.8 Å². The van der Waals surface area contributed by atoms with Crippen LogP contribution in [0.25, 0.3) is 6.08 Å². The standard InChI is InChI=1S/C18H17N3O4/c1-10-15(11(2)21(20-10)12(3)22)9-16-18(23)25-17(19-16)13-6-5-7-14(8-13)24-4/h5-9H,1-4H3. The highest BCUT2D eigenvalue weighted by molar-refractivity contribution is 6.13. The highest BCUT2D eigenvalue weighted by Crippen LogP contribution is 2.23. The molecule has 0 atom stereocenters. The SMILES string of the molecule is COc1cccc(C2=NC(=Cc3c(C)nn(C(C)=O)c3C)C(=O)O2)c1. The molecule has 0 spiro atoms. The molecule has 7 heteroatoms. The van der Waals surface area contributed by atoms with Crippen molar-refractivity contribution < 1.29 is 19.1 Å². The van der Waals surface area contributed by atoms with E-state index >= 15 is 0 Å². The van der Waals surface area contributed by atoms with E-state index in [1.807, 2.05) is 0 Å². The van der Waals surface area contributed by atoms with E-state index in [0.717, 1.165) is 0 Å². The second kappa shape index (κ2) is 6.35. The summed E-state index contributed by atoms with van der Waals surface area (Å²) in [6.07, 6.45) is 1.59. The Kier molecular flexibility index (Phi) is 4.22. The van der Waals surface area contributed by atoms with Gasteiger partial charge in [-0.25, -0.2) is 14.5 Å². The molecule has 0 aliphatic carbocycles. The first-order chi connectivity index (χ1) is 11.9. The van der Waals surface area contributed by atoms with Crippen molar-refractivity contribution in [3.8, 4) is 5.75 Å². The Balaban J connectivity index is 2.00. The number of methoxy groups -OCH3 is 1. The molecule has 0 unspecified atom stereocenters. The first kappa shape index (κ1) is 16.6. The van der Waals surface area contributed by atoms with Gasteiger partial charge in [0.25, 0.3) is 0 Å². The summed E-state index contributed by atoms with van der Waals surface area (Å²) in [5, 5.41) is 4.18. The maximum atomic E-state index is 12.1. The molecule has 0 radical (unpaired) electrons. The van der Waals surface area contributed by atoms with Gasteiger partial charge in [-0.1, -0.05) is 6.07 Å². The van der Waals surface area contributed by atoms with E-state index in [1.54, 1.807) is 51.3 Å². The third-order valence-electron chi connectivity index (χ3n) is 3.86. The predicted octanol–water partition coefficient (Wildman–Crippen LogP) is 2.51. The fourth-order valence-corrected chi connectivity index (χ4v) is 2.60. The van der Waals surface area contributed by atoms with E-state index in [2.05, 4.69) is 10.1 Å². The van der Waals surface area contributed by atoms with Gasteiger partial charge in [0.1, 0.15) is 5.75 Å². The summed E-state index contributed by atoms with van der Waals surface area (Å²) in [7, 11) is 1.56.